The second-order valence-corrected chi connectivity index (χ2v) is 25.4. The number of nitrogens with two attached hydrogens (primary N) is 1. The molecule has 0 aromatic rings. The highest BCUT2D eigenvalue weighted by Crippen LogP contribution is 2.56. The zero-order valence-electron chi connectivity index (χ0n) is 43.7. The number of fused-ring (bicyclic) bond motifs is 5. The molecule has 15 saturated heterocycles. The molecule has 18 nitrogen and oxygen atoms in total. The summed E-state index contributed by atoms with van der Waals surface area (Å²) in [4.78, 5) is 14.4. The smallest absolute Gasteiger partial charge is 0.308 e. The summed E-state index contributed by atoms with van der Waals surface area (Å²) in [5.74, 6) is -1.74. The van der Waals surface area contributed by atoms with Crippen LogP contribution in [-0.4, -0.2) is 182 Å². The van der Waals surface area contributed by atoms with E-state index in [0.717, 1.165) is 49.9 Å². The Morgan fingerprint density at radius 1 is 0.622 bits per heavy atom. The molecule has 0 aromatic carbocycles. The van der Waals surface area contributed by atoms with E-state index in [1.165, 1.54) is 0 Å². The van der Waals surface area contributed by atoms with Crippen LogP contribution >= 0.6 is 0 Å². The van der Waals surface area contributed by atoms with Gasteiger partial charge in [-0.25, -0.2) is 0 Å². The minimum Gasteiger partial charge on any atom is -0.459 e. The Hall–Kier alpha value is -1.69. The second-order valence-electron chi connectivity index (χ2n) is 25.4. The van der Waals surface area contributed by atoms with Crippen molar-refractivity contribution < 1.29 is 81.0 Å². The summed E-state index contributed by atoms with van der Waals surface area (Å²) in [6.45, 7) is 18.6. The van der Waals surface area contributed by atoms with E-state index >= 15 is 0 Å². The van der Waals surface area contributed by atoms with Crippen LogP contribution in [0.25, 0.3) is 0 Å². The van der Waals surface area contributed by atoms with Crippen LogP contribution in [0.3, 0.4) is 0 Å². The van der Waals surface area contributed by atoms with Crippen LogP contribution in [0, 0.1) is 23.7 Å². The van der Waals surface area contributed by atoms with Crippen molar-refractivity contribution in [3.63, 3.8) is 0 Å². The molecule has 1 unspecified atom stereocenters. The van der Waals surface area contributed by atoms with Crippen LogP contribution in [0.15, 0.2) is 24.3 Å². The van der Waals surface area contributed by atoms with Gasteiger partial charge >= 0.3 is 5.97 Å². The number of carbonyl (C=O) groups excluding carboxylic acids is 1. The normalized spacial score (nSPS) is 56.9. The average Bonchev–Trinajstić information content (AvgIpc) is 4.18. The maximum atomic E-state index is 14.4. The molecule has 15 heterocycles. The predicted molar refractivity (Wildman–Crippen MR) is 258 cm³/mol. The Labute approximate surface area is 434 Å². The van der Waals surface area contributed by atoms with E-state index in [-0.39, 0.29) is 165 Å². The van der Waals surface area contributed by atoms with Gasteiger partial charge in [0.1, 0.15) is 36.6 Å². The number of rotatable bonds is 9. The molecule has 0 radical (unpaired) electrons. The minimum atomic E-state index is -0.896. The van der Waals surface area contributed by atoms with Gasteiger partial charge in [-0.05, 0) is 67.4 Å². The van der Waals surface area contributed by atoms with Crippen molar-refractivity contribution in [1.29, 1.82) is 0 Å². The highest BCUT2D eigenvalue weighted by molar-refractivity contribution is 5.70. The Morgan fingerprint density at radius 3 is 2.15 bits per heavy atom. The zero-order valence-corrected chi connectivity index (χ0v) is 43.7. The lowest BCUT2D eigenvalue weighted by Crippen LogP contribution is -2.63. The molecule has 18 heteroatoms. The van der Waals surface area contributed by atoms with Crippen molar-refractivity contribution in [2.24, 2.45) is 29.4 Å². The maximum absolute atomic E-state index is 14.4. The van der Waals surface area contributed by atoms with E-state index in [4.69, 9.17) is 76.8 Å². The van der Waals surface area contributed by atoms with Crippen LogP contribution < -0.4 is 5.73 Å². The molecule has 3 N–H and O–H groups in total. The molecule has 412 valence electrons. The van der Waals surface area contributed by atoms with E-state index in [1.807, 2.05) is 0 Å². The van der Waals surface area contributed by atoms with Gasteiger partial charge < -0.3 is 81.9 Å². The molecule has 15 fully saturated rings. The molecule has 6 bridgehead atoms. The number of carbonyl (C=O) groups is 1. The van der Waals surface area contributed by atoms with E-state index in [2.05, 4.69) is 40.9 Å². The summed E-state index contributed by atoms with van der Waals surface area (Å²) in [6.07, 6.45) is 3.11. The lowest BCUT2D eigenvalue weighted by Gasteiger charge is -2.54. The van der Waals surface area contributed by atoms with Gasteiger partial charge in [0.25, 0.3) is 0 Å². The van der Waals surface area contributed by atoms with E-state index in [1.54, 1.807) is 0 Å². The van der Waals surface area contributed by atoms with Crippen molar-refractivity contribution in [2.75, 3.05) is 13.2 Å². The van der Waals surface area contributed by atoms with Gasteiger partial charge in [-0.3, -0.25) is 4.79 Å². The second kappa shape index (κ2) is 19.3. The highest BCUT2D eigenvalue weighted by atomic mass is 16.8. The molecule has 30 atom stereocenters. The maximum Gasteiger partial charge on any atom is 0.308 e. The molecule has 2 spiro atoms. The molecule has 0 aliphatic carbocycles. The largest absolute Gasteiger partial charge is 0.459 e. The van der Waals surface area contributed by atoms with Crippen LogP contribution in [0.5, 0.6) is 0 Å². The van der Waals surface area contributed by atoms with Crippen molar-refractivity contribution in [3.05, 3.63) is 24.3 Å². The van der Waals surface area contributed by atoms with Gasteiger partial charge in [0.15, 0.2) is 17.9 Å². The predicted octanol–water partition coefficient (Wildman–Crippen LogP) is 4.61. The molecular formula is C56H81NO17. The van der Waals surface area contributed by atoms with Gasteiger partial charge in [0.05, 0.1) is 117 Å². The standard InChI is InChI=1S/C56H81NO17/c1-24-11-12-60-33(24)9-7-30-13-25(2)28(5)35(61-30)16-37-49(68-44(59)14-31-8-10-34-50(62-31)53-54-52(64-34)51-39(65-54)18-45(69-51)70-53)29(6)48-38(63-37)17-36-41(66-48)21-56(71-36)22-42-47(74-56)27(4)20-55(73-42)19-26(3)46-40(72-55)15-32(58)43(23-57)67-46/h25-27,29-43,45-54,58H,1,5,7-23,57H2,2-4,6H3/t25-,26+,27+,29+,30+,31-,32-,33+,34+,35-,36-,37+,38+,39-,40+,41-,42+,43-,45?,46+,47+,48+,49-,50+,51+,52+,53+,54-,55-,56+/m1/s1. The summed E-state index contributed by atoms with van der Waals surface area (Å²) >= 11 is 0. The summed E-state index contributed by atoms with van der Waals surface area (Å²) in [5.41, 5.74) is 8.14. The molecule has 74 heavy (non-hydrogen) atoms. The quantitative estimate of drug-likeness (QED) is 0.239. The first-order chi connectivity index (χ1) is 35.7. The fourth-order valence-electron chi connectivity index (χ4n) is 16.7. The van der Waals surface area contributed by atoms with Gasteiger partial charge in [-0.2, -0.15) is 0 Å². The Kier molecular flexibility index (Phi) is 13.1. The summed E-state index contributed by atoms with van der Waals surface area (Å²) in [5, 5.41) is 10.8. The zero-order chi connectivity index (χ0) is 50.5. The number of hydrogen-bond donors (Lipinski definition) is 2. The third-order valence-electron chi connectivity index (χ3n) is 20.3. The average molecular weight is 1040 g/mol. The Bertz CT molecular complexity index is 2150. The molecule has 0 aromatic heterocycles. The van der Waals surface area contributed by atoms with Crippen LogP contribution in [0.2, 0.25) is 0 Å². The monoisotopic (exact) mass is 1040 g/mol. The van der Waals surface area contributed by atoms with E-state index < -0.39 is 36.0 Å². The molecule has 0 saturated carbocycles. The highest BCUT2D eigenvalue weighted by Gasteiger charge is 2.67. The molecule has 15 aliphatic heterocycles. The first-order valence-electron chi connectivity index (χ1n) is 28.8. The SMILES string of the molecule is C=C1CCO[C@H]1CC[C@H]1C[C@@H](C)C(=C)[C@@H](C[C@@H]2O[C@H]3C[C@H]4O[C@@]5(C[C@@H]6O[C@]7(C[C@H](C)[C@@H]8O[C@H](CN)[C@H](O)C[C@@H]8O7)C[C@H](C)[C@@H]6O5)C[C@H]4O[C@H]3[C@H](C)[C@H]2OC(=O)C[C@H]2CC[C@@H]3O[C@@H]4[C@H]5O[C@@H]6CC(O[C@H]5[C@H]3O2)O[C@H]46)O1. The molecule has 0 amide bonds. The summed E-state index contributed by atoms with van der Waals surface area (Å²) < 4.78 is 100. The van der Waals surface area contributed by atoms with Crippen molar-refractivity contribution in [3.8, 4) is 0 Å². The number of aliphatic hydroxyl groups is 1. The minimum absolute atomic E-state index is 0.0192. The summed E-state index contributed by atoms with van der Waals surface area (Å²) in [6, 6.07) is 0. The van der Waals surface area contributed by atoms with Gasteiger partial charge in [0, 0.05) is 63.8 Å². The van der Waals surface area contributed by atoms with E-state index in [0.29, 0.717) is 57.8 Å². The first kappa shape index (κ1) is 50.5. The third-order valence-corrected chi connectivity index (χ3v) is 20.3. The first-order valence-corrected chi connectivity index (χ1v) is 28.8. The van der Waals surface area contributed by atoms with Crippen LogP contribution in [-0.2, 0) is 75.8 Å². The van der Waals surface area contributed by atoms with Crippen LogP contribution in [0.4, 0.5) is 0 Å². The number of ether oxygens (including phenoxy) is 15. The van der Waals surface area contributed by atoms with Gasteiger partial charge in [-0.1, -0.05) is 40.9 Å². The third kappa shape index (κ3) is 8.76. The lowest BCUT2D eigenvalue weighted by molar-refractivity contribution is -0.370. The Morgan fingerprint density at radius 2 is 1.32 bits per heavy atom. The molecule has 15 aliphatic rings. The number of aliphatic hydroxyl groups excluding tert-OH is 1. The Balaban J connectivity index is 0.666. The number of esters is 1. The topological polar surface area (TPSA) is 202 Å². The van der Waals surface area contributed by atoms with Gasteiger partial charge in [-0.15, -0.1) is 0 Å². The van der Waals surface area contributed by atoms with Crippen molar-refractivity contribution >= 4 is 5.97 Å². The van der Waals surface area contributed by atoms with Crippen molar-refractivity contribution in [2.45, 2.75) is 282 Å². The lowest BCUT2D eigenvalue weighted by atomic mass is 9.78. The van der Waals surface area contributed by atoms with Gasteiger partial charge in [0.2, 0.25) is 0 Å². The number of hydrogen-bond acceptors (Lipinski definition) is 18. The molecular weight excluding hydrogens is 959 g/mol. The van der Waals surface area contributed by atoms with Crippen LogP contribution in [0.1, 0.15) is 124 Å². The fourth-order valence-corrected chi connectivity index (χ4v) is 16.7. The van der Waals surface area contributed by atoms with Crippen molar-refractivity contribution in [1.82, 2.24) is 0 Å². The van der Waals surface area contributed by atoms with E-state index in [9.17, 15) is 9.90 Å². The summed E-state index contributed by atoms with van der Waals surface area (Å²) in [7, 11) is 0. The fraction of sp³-hybridized carbons (Fsp3) is 0.911. The molecule has 15 rings (SSSR count).